The molecule has 2 saturated heterocycles. The fraction of sp³-hybridized carbons (Fsp3) is 0.444. The predicted octanol–water partition coefficient (Wildman–Crippen LogP) is 5.01. The van der Waals surface area contributed by atoms with Crippen molar-refractivity contribution in [2.45, 2.75) is 63.3 Å². The highest BCUT2D eigenvalue weighted by Gasteiger charge is 2.47. The van der Waals surface area contributed by atoms with Crippen LogP contribution < -0.4 is 0 Å². The Balaban J connectivity index is 1.42. The zero-order valence-electron chi connectivity index (χ0n) is 18.3. The van der Waals surface area contributed by atoms with Gasteiger partial charge in [0.15, 0.2) is 0 Å². The Morgan fingerprint density at radius 3 is 2.45 bits per heavy atom. The molecule has 0 saturated carbocycles. The van der Waals surface area contributed by atoms with Gasteiger partial charge in [-0.2, -0.15) is 0 Å². The van der Waals surface area contributed by atoms with Gasteiger partial charge in [0.25, 0.3) is 0 Å². The molecule has 2 aliphatic heterocycles. The van der Waals surface area contributed by atoms with Gasteiger partial charge in [-0.05, 0) is 54.9 Å². The molecule has 2 heterocycles. The summed E-state index contributed by atoms with van der Waals surface area (Å²) < 4.78 is 6.23. The minimum absolute atomic E-state index is 0.243. The van der Waals surface area contributed by atoms with E-state index in [9.17, 15) is 9.90 Å². The van der Waals surface area contributed by atoms with E-state index in [4.69, 9.17) is 9.84 Å². The van der Waals surface area contributed by atoms with Crippen molar-refractivity contribution in [2.24, 2.45) is 11.8 Å². The summed E-state index contributed by atoms with van der Waals surface area (Å²) in [6.45, 7) is 4.15. The Kier molecular flexibility index (Phi) is 6.31. The highest BCUT2D eigenvalue weighted by molar-refractivity contribution is 5.87. The molecule has 2 bridgehead atoms. The number of aliphatic hydroxyl groups is 1. The molecule has 2 N–H and O–H groups in total. The van der Waals surface area contributed by atoms with Gasteiger partial charge in [0.1, 0.15) is 0 Å². The van der Waals surface area contributed by atoms with Crippen molar-refractivity contribution in [1.82, 2.24) is 0 Å². The maximum atomic E-state index is 11.1. The number of benzene rings is 2. The van der Waals surface area contributed by atoms with E-state index in [0.29, 0.717) is 17.4 Å². The number of aromatic carboxylic acids is 1. The molecule has 2 fully saturated rings. The Bertz CT molecular complexity index is 916. The second-order valence-electron chi connectivity index (χ2n) is 9.49. The number of rotatable bonds is 8. The first-order valence-corrected chi connectivity index (χ1v) is 11.3. The number of hydrogen-bond acceptors (Lipinski definition) is 3. The van der Waals surface area contributed by atoms with Crippen LogP contribution >= 0.6 is 0 Å². The van der Waals surface area contributed by atoms with Crippen molar-refractivity contribution >= 4 is 5.97 Å². The fourth-order valence-corrected chi connectivity index (χ4v) is 5.12. The summed E-state index contributed by atoms with van der Waals surface area (Å²) in [5, 5.41) is 20.0. The summed E-state index contributed by atoms with van der Waals surface area (Å²) in [5.41, 5.74) is 2.23. The lowest BCUT2D eigenvalue weighted by Gasteiger charge is -2.30. The van der Waals surface area contributed by atoms with Crippen LogP contribution in [0.2, 0.25) is 0 Å². The SMILES string of the molecule is CC(C)(c1ccccc1)C(O)C=C[C@H]1[C@@H](CCc2ccc(C(=O)O)cc2)[C@H]2CC[C@@H]1O2. The lowest BCUT2D eigenvalue weighted by atomic mass is 9.75. The van der Waals surface area contributed by atoms with Crippen molar-refractivity contribution in [3.05, 3.63) is 83.4 Å². The Labute approximate surface area is 184 Å². The number of aryl methyl sites for hydroxylation is 1. The lowest BCUT2D eigenvalue weighted by Crippen LogP contribution is -2.33. The van der Waals surface area contributed by atoms with E-state index >= 15 is 0 Å². The van der Waals surface area contributed by atoms with Gasteiger partial charge >= 0.3 is 5.97 Å². The van der Waals surface area contributed by atoms with Crippen LogP contribution in [0.5, 0.6) is 0 Å². The van der Waals surface area contributed by atoms with E-state index in [-0.39, 0.29) is 17.6 Å². The van der Waals surface area contributed by atoms with Crippen LogP contribution in [0.4, 0.5) is 0 Å². The highest BCUT2D eigenvalue weighted by atomic mass is 16.5. The van der Waals surface area contributed by atoms with Gasteiger partial charge in [-0.1, -0.05) is 68.5 Å². The monoisotopic (exact) mass is 420 g/mol. The molecule has 5 atom stereocenters. The topological polar surface area (TPSA) is 66.8 Å². The van der Waals surface area contributed by atoms with Gasteiger partial charge < -0.3 is 14.9 Å². The number of carbonyl (C=O) groups is 1. The third-order valence-corrected chi connectivity index (χ3v) is 7.23. The third kappa shape index (κ3) is 4.60. The minimum atomic E-state index is -0.893. The summed E-state index contributed by atoms with van der Waals surface area (Å²) in [6, 6.07) is 17.3. The molecule has 0 aromatic heterocycles. The van der Waals surface area contributed by atoms with Crippen molar-refractivity contribution in [1.29, 1.82) is 0 Å². The molecule has 0 spiro atoms. The van der Waals surface area contributed by atoms with Crippen molar-refractivity contribution < 1.29 is 19.7 Å². The van der Waals surface area contributed by atoms with Gasteiger partial charge in [0, 0.05) is 11.3 Å². The van der Waals surface area contributed by atoms with Crippen molar-refractivity contribution in [3.63, 3.8) is 0 Å². The molecule has 0 amide bonds. The van der Waals surface area contributed by atoms with E-state index in [1.807, 2.05) is 36.4 Å². The number of hydrogen-bond donors (Lipinski definition) is 2. The third-order valence-electron chi connectivity index (χ3n) is 7.23. The number of carboxylic acids is 1. The summed E-state index contributed by atoms with van der Waals surface area (Å²) in [4.78, 5) is 11.1. The number of aliphatic hydroxyl groups excluding tert-OH is 1. The molecule has 2 aromatic rings. The molecule has 0 aliphatic carbocycles. The van der Waals surface area contributed by atoms with E-state index in [1.165, 1.54) is 0 Å². The molecule has 4 nitrogen and oxygen atoms in total. The molecule has 2 aromatic carbocycles. The summed E-state index contributed by atoms with van der Waals surface area (Å²) >= 11 is 0. The average Bonchev–Trinajstić information content (AvgIpc) is 3.38. The second-order valence-corrected chi connectivity index (χ2v) is 9.49. The Morgan fingerprint density at radius 2 is 1.77 bits per heavy atom. The smallest absolute Gasteiger partial charge is 0.335 e. The largest absolute Gasteiger partial charge is 0.478 e. The fourth-order valence-electron chi connectivity index (χ4n) is 5.12. The highest BCUT2D eigenvalue weighted by Crippen LogP contribution is 2.46. The maximum absolute atomic E-state index is 11.1. The molecule has 4 rings (SSSR count). The minimum Gasteiger partial charge on any atom is -0.478 e. The quantitative estimate of drug-likeness (QED) is 0.590. The van der Waals surface area contributed by atoms with Gasteiger partial charge in [-0.25, -0.2) is 4.79 Å². The molecular formula is C27H32O4. The first-order valence-electron chi connectivity index (χ1n) is 11.3. The normalized spacial score (nSPS) is 26.4. The number of carboxylic acid groups (broad SMARTS) is 1. The average molecular weight is 421 g/mol. The summed E-state index contributed by atoms with van der Waals surface area (Å²) in [6.07, 6.45) is 8.22. The number of ether oxygens (including phenoxy) is 1. The first kappa shape index (κ1) is 21.8. The number of fused-ring (bicyclic) bond motifs is 2. The molecule has 2 aliphatic rings. The van der Waals surface area contributed by atoms with Crippen LogP contribution in [0, 0.1) is 11.8 Å². The van der Waals surface area contributed by atoms with Crippen LogP contribution in [0.3, 0.4) is 0 Å². The van der Waals surface area contributed by atoms with Crippen molar-refractivity contribution in [2.75, 3.05) is 0 Å². The van der Waals surface area contributed by atoms with Gasteiger partial charge in [-0.3, -0.25) is 0 Å². The first-order chi connectivity index (χ1) is 14.9. The van der Waals surface area contributed by atoms with Gasteiger partial charge in [0.2, 0.25) is 0 Å². The molecule has 164 valence electrons. The summed E-state index contributed by atoms with van der Waals surface area (Å²) in [7, 11) is 0. The van der Waals surface area contributed by atoms with Crippen LogP contribution in [0.25, 0.3) is 0 Å². The zero-order valence-corrected chi connectivity index (χ0v) is 18.3. The van der Waals surface area contributed by atoms with Gasteiger partial charge in [-0.15, -0.1) is 0 Å². The molecule has 4 heteroatoms. The van der Waals surface area contributed by atoms with Crippen LogP contribution in [-0.4, -0.2) is 34.5 Å². The summed E-state index contributed by atoms with van der Waals surface area (Å²) in [5.74, 6) is -0.144. The lowest BCUT2D eigenvalue weighted by molar-refractivity contribution is 0.0697. The van der Waals surface area contributed by atoms with Crippen LogP contribution in [0.15, 0.2) is 66.7 Å². The van der Waals surface area contributed by atoms with E-state index in [2.05, 4.69) is 32.1 Å². The van der Waals surface area contributed by atoms with E-state index < -0.39 is 12.1 Å². The Morgan fingerprint density at radius 1 is 1.10 bits per heavy atom. The zero-order chi connectivity index (χ0) is 22.0. The molecule has 1 unspecified atom stereocenters. The molecule has 31 heavy (non-hydrogen) atoms. The standard InChI is InChI=1S/C27H32O4/c1-27(2,20-6-4-3-5-7-20)25(28)17-14-22-21(23-15-16-24(22)31-23)13-10-18-8-11-19(12-9-18)26(29)30/h3-9,11-12,14,17,21-25,28H,10,13,15-16H2,1-2H3,(H,29,30)/t21-,22+,23-,24+,25?/m1/s1. The van der Waals surface area contributed by atoms with E-state index in [0.717, 1.165) is 36.8 Å². The Hall–Kier alpha value is -2.43. The van der Waals surface area contributed by atoms with Gasteiger partial charge in [0.05, 0.1) is 23.9 Å². The second kappa shape index (κ2) is 8.97. The van der Waals surface area contributed by atoms with Crippen molar-refractivity contribution in [3.8, 4) is 0 Å². The molecule has 0 radical (unpaired) electrons. The predicted molar refractivity (Wildman–Crippen MR) is 121 cm³/mol. The molecular weight excluding hydrogens is 388 g/mol. The van der Waals surface area contributed by atoms with E-state index in [1.54, 1.807) is 12.1 Å². The maximum Gasteiger partial charge on any atom is 0.335 e. The van der Waals surface area contributed by atoms with Crippen LogP contribution in [0.1, 0.15) is 54.6 Å². The van der Waals surface area contributed by atoms with Crippen LogP contribution in [-0.2, 0) is 16.6 Å².